The molecule has 6 rings (SSSR count). The van der Waals surface area contributed by atoms with Gasteiger partial charge >= 0.3 is 0 Å². The molecular weight excluding hydrogens is 500 g/mol. The summed E-state index contributed by atoms with van der Waals surface area (Å²) in [5, 5.41) is 0. The van der Waals surface area contributed by atoms with Gasteiger partial charge in [-0.2, -0.15) is 0 Å². The minimum Gasteiger partial charge on any atom is -0.493 e. The first kappa shape index (κ1) is 25.4. The molecule has 8 heteroatoms. The zero-order valence-corrected chi connectivity index (χ0v) is 23.2. The largest absolute Gasteiger partial charge is 0.493 e. The van der Waals surface area contributed by atoms with E-state index < -0.39 is 15.9 Å². The number of sulfonamides is 1. The van der Waals surface area contributed by atoms with Gasteiger partial charge in [-0.05, 0) is 97.7 Å². The van der Waals surface area contributed by atoms with Crippen LogP contribution < -0.4 is 9.47 Å². The van der Waals surface area contributed by atoms with Crippen LogP contribution in [0.1, 0.15) is 69.9 Å². The number of hydrogen-bond acceptors (Lipinski definition) is 6. The molecule has 1 aliphatic heterocycles. The Labute approximate surface area is 225 Å². The summed E-state index contributed by atoms with van der Waals surface area (Å²) in [7, 11) is -2.14. The van der Waals surface area contributed by atoms with Crippen LogP contribution in [0.25, 0.3) is 11.6 Å². The molecule has 1 saturated heterocycles. The summed E-state index contributed by atoms with van der Waals surface area (Å²) in [6, 6.07) is 8.81. The third-order valence-corrected chi connectivity index (χ3v) is 11.8. The van der Waals surface area contributed by atoms with E-state index in [-0.39, 0.29) is 28.7 Å². The van der Waals surface area contributed by atoms with Crippen LogP contribution in [0.3, 0.4) is 0 Å². The number of nitrogens with zero attached hydrogens (tertiary/aromatic N) is 2. The summed E-state index contributed by atoms with van der Waals surface area (Å²) >= 11 is 0. The molecule has 1 amide bonds. The number of ether oxygens (including phenoxy) is 2. The Bertz CT molecular complexity index is 1380. The molecule has 2 heterocycles. The van der Waals surface area contributed by atoms with Gasteiger partial charge in [-0.1, -0.05) is 19.9 Å². The molecular formula is C30H36N2O5S. The van der Waals surface area contributed by atoms with Crippen molar-refractivity contribution in [1.29, 1.82) is 0 Å². The van der Waals surface area contributed by atoms with Gasteiger partial charge in [0.15, 0.2) is 11.5 Å². The van der Waals surface area contributed by atoms with E-state index in [0.29, 0.717) is 28.6 Å². The molecule has 202 valence electrons. The van der Waals surface area contributed by atoms with Gasteiger partial charge in [-0.25, -0.2) is 12.7 Å². The lowest BCUT2D eigenvalue weighted by atomic mass is 9.69. The minimum atomic E-state index is -3.76. The van der Waals surface area contributed by atoms with E-state index in [4.69, 9.17) is 9.47 Å². The van der Waals surface area contributed by atoms with E-state index in [1.165, 1.54) is 4.31 Å². The Morgan fingerprint density at radius 2 is 1.82 bits per heavy atom. The van der Waals surface area contributed by atoms with E-state index in [1.54, 1.807) is 37.7 Å². The zero-order valence-electron chi connectivity index (χ0n) is 22.4. The number of fused-ring (bicyclic) bond motifs is 1. The molecule has 1 aromatic heterocycles. The van der Waals surface area contributed by atoms with Crippen LogP contribution in [-0.2, 0) is 14.8 Å². The van der Waals surface area contributed by atoms with Gasteiger partial charge in [-0.15, -0.1) is 0 Å². The summed E-state index contributed by atoms with van der Waals surface area (Å²) in [6.07, 6.45) is 12.1. The fourth-order valence-corrected chi connectivity index (χ4v) is 10.2. The highest BCUT2D eigenvalue weighted by molar-refractivity contribution is 7.90. The van der Waals surface area contributed by atoms with Crippen molar-refractivity contribution in [2.75, 3.05) is 12.9 Å². The zero-order chi connectivity index (χ0) is 26.7. The molecule has 2 aromatic rings. The number of carbonyl (C=O) groups excluding carboxylic acids is 1. The minimum absolute atomic E-state index is 0.0471. The Morgan fingerprint density at radius 3 is 2.50 bits per heavy atom. The second-order valence-corrected chi connectivity index (χ2v) is 13.8. The number of amides is 1. The summed E-state index contributed by atoms with van der Waals surface area (Å²) in [6.45, 7) is 4.38. The van der Waals surface area contributed by atoms with Gasteiger partial charge in [0.1, 0.15) is 0 Å². The monoisotopic (exact) mass is 536 g/mol. The first-order chi connectivity index (χ1) is 18.2. The maximum Gasteiger partial charge on any atom is 0.268 e. The number of methoxy groups -OCH3 is 1. The average molecular weight is 537 g/mol. The molecule has 7 nitrogen and oxygen atoms in total. The Kier molecular flexibility index (Phi) is 6.09. The van der Waals surface area contributed by atoms with Crippen molar-refractivity contribution in [2.24, 2.45) is 16.7 Å². The summed E-state index contributed by atoms with van der Waals surface area (Å²) in [4.78, 5) is 18.4. The molecule has 3 saturated carbocycles. The lowest BCUT2D eigenvalue weighted by Crippen LogP contribution is -2.44. The molecule has 38 heavy (non-hydrogen) atoms. The first-order valence-corrected chi connectivity index (χ1v) is 15.3. The molecule has 4 aliphatic rings. The van der Waals surface area contributed by atoms with Crippen molar-refractivity contribution in [1.82, 2.24) is 9.29 Å². The lowest BCUT2D eigenvalue weighted by Gasteiger charge is -2.37. The maximum absolute atomic E-state index is 14.3. The second kappa shape index (κ2) is 9.11. The molecule has 4 fully saturated rings. The molecule has 3 atom stereocenters. The van der Waals surface area contributed by atoms with Crippen molar-refractivity contribution in [3.63, 3.8) is 0 Å². The van der Waals surface area contributed by atoms with Gasteiger partial charge in [-0.3, -0.25) is 9.78 Å². The second-order valence-electron chi connectivity index (χ2n) is 12.0. The van der Waals surface area contributed by atoms with Crippen molar-refractivity contribution < 1.29 is 22.7 Å². The topological polar surface area (TPSA) is 85.8 Å². The normalized spacial score (nSPS) is 29.4. The molecule has 1 spiro atoms. The third kappa shape index (κ3) is 3.86. The van der Waals surface area contributed by atoms with E-state index in [2.05, 4.69) is 18.8 Å². The number of pyridine rings is 1. The molecule has 3 aliphatic carbocycles. The van der Waals surface area contributed by atoms with Gasteiger partial charge in [0.25, 0.3) is 5.91 Å². The van der Waals surface area contributed by atoms with Crippen LogP contribution in [0, 0.1) is 16.7 Å². The molecule has 2 bridgehead atoms. The predicted octanol–water partition coefficient (Wildman–Crippen LogP) is 5.32. The fourth-order valence-electron chi connectivity index (χ4n) is 7.70. The third-order valence-electron chi connectivity index (χ3n) is 9.93. The number of aromatic nitrogens is 1. The first-order valence-electron chi connectivity index (χ1n) is 13.7. The number of rotatable bonds is 6. The number of carbonyl (C=O) groups is 1. The van der Waals surface area contributed by atoms with Crippen molar-refractivity contribution in [3.8, 4) is 11.5 Å². The Balaban J connectivity index is 1.41. The fraction of sp³-hybridized carbons (Fsp3) is 0.533. The lowest BCUT2D eigenvalue weighted by molar-refractivity contribution is -0.123. The Hall–Kier alpha value is -2.87. The highest BCUT2D eigenvalue weighted by Gasteiger charge is 2.72. The van der Waals surface area contributed by atoms with Crippen molar-refractivity contribution >= 4 is 27.6 Å². The number of hydrogen-bond donors (Lipinski definition) is 0. The van der Waals surface area contributed by atoms with Crippen LogP contribution in [0.2, 0.25) is 0 Å². The summed E-state index contributed by atoms with van der Waals surface area (Å²) in [5.41, 5.74) is 1.24. The summed E-state index contributed by atoms with van der Waals surface area (Å²) < 4.78 is 40.3. The van der Waals surface area contributed by atoms with Crippen LogP contribution in [-0.4, -0.2) is 48.6 Å². The van der Waals surface area contributed by atoms with Crippen molar-refractivity contribution in [2.45, 2.75) is 70.9 Å². The molecule has 2 unspecified atom stereocenters. The molecule has 0 N–H and O–H groups in total. The van der Waals surface area contributed by atoms with Gasteiger partial charge < -0.3 is 9.47 Å². The predicted molar refractivity (Wildman–Crippen MR) is 146 cm³/mol. The standard InChI is InChI=1S/C30H36N2O5S/c1-29(2)22-10-13-30(29)19-38(34,35)32(27(30)18-22)28(33)24(21-11-14-31-15-12-21)16-20-8-9-25(36-3)26(17-20)37-23-6-4-5-7-23/h8-9,11-12,14-17,22-23,27H,4-7,10,13,18-19H2,1-3H3/b24-16+/t22?,27?,30-/m0/s1. The number of benzene rings is 1. The van der Waals surface area contributed by atoms with Gasteiger partial charge in [0.2, 0.25) is 10.0 Å². The molecule has 1 aromatic carbocycles. The van der Waals surface area contributed by atoms with Gasteiger partial charge in [0, 0.05) is 23.4 Å². The van der Waals surface area contributed by atoms with E-state index in [1.807, 2.05) is 18.2 Å². The van der Waals surface area contributed by atoms with E-state index in [0.717, 1.165) is 50.5 Å². The van der Waals surface area contributed by atoms with E-state index in [9.17, 15) is 13.2 Å². The van der Waals surface area contributed by atoms with Crippen molar-refractivity contribution in [3.05, 3.63) is 53.9 Å². The maximum atomic E-state index is 14.3. The van der Waals surface area contributed by atoms with Gasteiger partial charge in [0.05, 0.1) is 25.0 Å². The highest BCUT2D eigenvalue weighted by Crippen LogP contribution is 2.70. The van der Waals surface area contributed by atoms with Crippen LogP contribution in [0.5, 0.6) is 11.5 Å². The van der Waals surface area contributed by atoms with E-state index >= 15 is 0 Å². The Morgan fingerprint density at radius 1 is 1.08 bits per heavy atom. The van der Waals surface area contributed by atoms with Crippen LogP contribution in [0.4, 0.5) is 0 Å². The van der Waals surface area contributed by atoms with Crippen LogP contribution in [0.15, 0.2) is 42.7 Å². The highest BCUT2D eigenvalue weighted by atomic mass is 32.2. The quantitative estimate of drug-likeness (QED) is 0.465. The summed E-state index contributed by atoms with van der Waals surface area (Å²) in [5.74, 6) is 1.29. The molecule has 0 radical (unpaired) electrons. The SMILES string of the molecule is COc1ccc(/C=C(/C(=O)N2C3CC4CC[C@@]3(CS2(=O)=O)C4(C)C)c2ccncc2)cc1OC1CCCC1. The van der Waals surface area contributed by atoms with Crippen LogP contribution >= 0.6 is 0 Å². The smallest absolute Gasteiger partial charge is 0.268 e. The average Bonchev–Trinajstić information content (AvgIpc) is 3.60.